The van der Waals surface area contributed by atoms with Gasteiger partial charge in [-0.3, -0.25) is 9.69 Å². The first-order valence-corrected chi connectivity index (χ1v) is 8.98. The van der Waals surface area contributed by atoms with Crippen molar-refractivity contribution in [2.75, 3.05) is 19.7 Å². The summed E-state index contributed by atoms with van der Waals surface area (Å²) in [6, 6.07) is 5.52. The Morgan fingerprint density at radius 1 is 1.46 bits per heavy atom. The Kier molecular flexibility index (Phi) is 4.42. The van der Waals surface area contributed by atoms with E-state index in [9.17, 15) is 9.90 Å². The number of aromatic amines is 1. The van der Waals surface area contributed by atoms with Crippen LogP contribution in [0.2, 0.25) is 0 Å². The average Bonchev–Trinajstić information content (AvgIpc) is 3.17. The van der Waals surface area contributed by atoms with Crippen molar-refractivity contribution in [2.45, 2.75) is 32.9 Å². The van der Waals surface area contributed by atoms with E-state index in [1.54, 1.807) is 0 Å². The van der Waals surface area contributed by atoms with Crippen LogP contribution in [0.3, 0.4) is 0 Å². The molecule has 1 fully saturated rings. The highest BCUT2D eigenvalue weighted by molar-refractivity contribution is 6.02. The number of hydrogen-bond acceptors (Lipinski definition) is 6. The first-order chi connectivity index (χ1) is 12.5. The number of H-pyrrole nitrogens is 1. The van der Waals surface area contributed by atoms with Crippen LogP contribution in [-0.2, 0) is 6.54 Å². The van der Waals surface area contributed by atoms with Gasteiger partial charge in [-0.2, -0.15) is 0 Å². The monoisotopic (exact) mass is 357 g/mol. The number of aromatic nitrogens is 2. The van der Waals surface area contributed by atoms with E-state index in [4.69, 9.17) is 9.15 Å². The van der Waals surface area contributed by atoms with Crippen molar-refractivity contribution in [2.24, 2.45) is 5.92 Å². The molecule has 0 bridgehead atoms. The Bertz CT molecular complexity index is 992. The molecule has 0 radical (unpaired) electrons. The third-order valence-electron chi connectivity index (χ3n) is 4.55. The Hall–Kier alpha value is -2.38. The maximum absolute atomic E-state index is 12.4. The van der Waals surface area contributed by atoms with E-state index in [-0.39, 0.29) is 17.2 Å². The Labute approximate surface area is 150 Å². The number of hydrogen-bond donors (Lipinski definition) is 2. The minimum absolute atomic E-state index is 0.228. The summed E-state index contributed by atoms with van der Waals surface area (Å²) in [5.74, 6) is 1.74. The van der Waals surface area contributed by atoms with Gasteiger partial charge in [0.05, 0.1) is 24.6 Å². The number of β-amino-alcohol motifs (C(OH)–C–C–N with tert-alkyl or cyclic N) is 1. The summed E-state index contributed by atoms with van der Waals surface area (Å²) in [5.41, 5.74) is 1.11. The highest BCUT2D eigenvalue weighted by Gasteiger charge is 2.22. The number of likely N-dealkylation sites (tertiary alicyclic amines) is 1. The van der Waals surface area contributed by atoms with E-state index in [1.165, 1.54) is 0 Å². The van der Waals surface area contributed by atoms with E-state index in [2.05, 4.69) is 28.7 Å². The van der Waals surface area contributed by atoms with Crippen molar-refractivity contribution in [1.82, 2.24) is 14.9 Å². The van der Waals surface area contributed by atoms with Crippen LogP contribution in [-0.4, -0.2) is 45.8 Å². The van der Waals surface area contributed by atoms with Crippen molar-refractivity contribution >= 4 is 22.1 Å². The maximum Gasteiger partial charge on any atom is 0.294 e. The first-order valence-electron chi connectivity index (χ1n) is 8.98. The third-order valence-corrected chi connectivity index (χ3v) is 4.55. The van der Waals surface area contributed by atoms with E-state index < -0.39 is 0 Å². The summed E-state index contributed by atoms with van der Waals surface area (Å²) in [4.78, 5) is 21.9. The van der Waals surface area contributed by atoms with Crippen molar-refractivity contribution in [1.29, 1.82) is 0 Å². The maximum atomic E-state index is 12.4. The standard InChI is InChI=1S/C19H23N3O4/c1-11(2)10-25-13-3-4-15-14(7-13)17-18(26-15)19(24)21-16(20-17)9-22-6-5-12(23)8-22/h3-4,7,11-12,23H,5-6,8-10H2,1-2H3,(H,20,21,24)/t12-/m0/s1. The molecule has 0 unspecified atom stereocenters. The topological polar surface area (TPSA) is 91.6 Å². The van der Waals surface area contributed by atoms with Crippen LogP contribution in [0.25, 0.3) is 22.1 Å². The lowest BCUT2D eigenvalue weighted by atomic mass is 10.2. The zero-order valence-electron chi connectivity index (χ0n) is 15.0. The molecule has 0 spiro atoms. The minimum Gasteiger partial charge on any atom is -0.493 e. The van der Waals surface area contributed by atoms with Crippen LogP contribution >= 0.6 is 0 Å². The van der Waals surface area contributed by atoms with Crippen LogP contribution < -0.4 is 10.3 Å². The number of aliphatic hydroxyl groups is 1. The zero-order chi connectivity index (χ0) is 18.3. The van der Waals surface area contributed by atoms with Gasteiger partial charge in [0, 0.05) is 13.1 Å². The van der Waals surface area contributed by atoms with E-state index >= 15 is 0 Å². The normalized spacial score (nSPS) is 18.4. The average molecular weight is 357 g/mol. The van der Waals surface area contributed by atoms with Crippen LogP contribution in [0, 0.1) is 5.92 Å². The molecule has 3 heterocycles. The van der Waals surface area contributed by atoms with Gasteiger partial charge in [-0.05, 0) is 30.5 Å². The predicted molar refractivity (Wildman–Crippen MR) is 98.4 cm³/mol. The summed E-state index contributed by atoms with van der Waals surface area (Å²) >= 11 is 0. The molecule has 2 N–H and O–H groups in total. The van der Waals surface area contributed by atoms with Crippen molar-refractivity contribution in [3.05, 3.63) is 34.4 Å². The molecule has 0 saturated carbocycles. The smallest absolute Gasteiger partial charge is 0.294 e. The molecule has 1 atom stereocenters. The van der Waals surface area contributed by atoms with Crippen LogP contribution in [0.4, 0.5) is 0 Å². The number of nitrogens with one attached hydrogen (secondary N) is 1. The van der Waals surface area contributed by atoms with Crippen molar-refractivity contribution in [3.8, 4) is 5.75 Å². The zero-order valence-corrected chi connectivity index (χ0v) is 15.0. The van der Waals surface area contributed by atoms with Gasteiger partial charge in [-0.25, -0.2) is 4.98 Å². The molecule has 4 rings (SSSR count). The van der Waals surface area contributed by atoms with Gasteiger partial charge < -0.3 is 19.2 Å². The molecule has 1 aliphatic heterocycles. The molecule has 138 valence electrons. The molecule has 1 aliphatic rings. The molecule has 26 heavy (non-hydrogen) atoms. The second kappa shape index (κ2) is 6.74. The molecule has 1 saturated heterocycles. The lowest BCUT2D eigenvalue weighted by molar-refractivity contribution is 0.174. The molecule has 0 amide bonds. The predicted octanol–water partition coefficient (Wildman–Crippen LogP) is 2.27. The minimum atomic E-state index is -0.305. The second-order valence-electron chi connectivity index (χ2n) is 7.33. The molecular weight excluding hydrogens is 334 g/mol. The van der Waals surface area contributed by atoms with E-state index in [0.29, 0.717) is 42.5 Å². The summed E-state index contributed by atoms with van der Waals surface area (Å²) in [6.45, 7) is 6.70. The molecule has 7 heteroatoms. The molecule has 7 nitrogen and oxygen atoms in total. The highest BCUT2D eigenvalue weighted by Crippen LogP contribution is 2.29. The number of aliphatic hydroxyl groups excluding tert-OH is 1. The van der Waals surface area contributed by atoms with E-state index in [1.807, 2.05) is 18.2 Å². The number of fused-ring (bicyclic) bond motifs is 3. The third kappa shape index (κ3) is 3.32. The Balaban J connectivity index is 1.71. The highest BCUT2D eigenvalue weighted by atomic mass is 16.5. The molecule has 3 aromatic rings. The molecular formula is C19H23N3O4. The quantitative estimate of drug-likeness (QED) is 0.728. The fourth-order valence-corrected chi connectivity index (χ4v) is 3.27. The van der Waals surface area contributed by atoms with Gasteiger partial charge in [0.1, 0.15) is 22.7 Å². The first kappa shape index (κ1) is 17.1. The van der Waals surface area contributed by atoms with Gasteiger partial charge >= 0.3 is 0 Å². The lowest BCUT2D eigenvalue weighted by Crippen LogP contribution is -2.24. The summed E-state index contributed by atoms with van der Waals surface area (Å²) < 4.78 is 11.5. The number of ether oxygens (including phenoxy) is 1. The van der Waals surface area contributed by atoms with Gasteiger partial charge in [-0.1, -0.05) is 13.8 Å². The van der Waals surface area contributed by atoms with Gasteiger partial charge in [0.15, 0.2) is 0 Å². The molecule has 1 aromatic carbocycles. The number of rotatable bonds is 5. The summed E-state index contributed by atoms with van der Waals surface area (Å²) in [7, 11) is 0. The molecule has 0 aliphatic carbocycles. The van der Waals surface area contributed by atoms with E-state index in [0.717, 1.165) is 24.1 Å². The fraction of sp³-hybridized carbons (Fsp3) is 0.474. The largest absolute Gasteiger partial charge is 0.493 e. The van der Waals surface area contributed by atoms with Gasteiger partial charge in [0.2, 0.25) is 5.58 Å². The van der Waals surface area contributed by atoms with Crippen molar-refractivity contribution in [3.63, 3.8) is 0 Å². The molecule has 2 aromatic heterocycles. The number of benzene rings is 1. The van der Waals surface area contributed by atoms with Crippen molar-refractivity contribution < 1.29 is 14.3 Å². The Morgan fingerprint density at radius 3 is 3.04 bits per heavy atom. The fourth-order valence-electron chi connectivity index (χ4n) is 3.27. The van der Waals surface area contributed by atoms with Crippen LogP contribution in [0.5, 0.6) is 5.75 Å². The SMILES string of the molecule is CC(C)COc1ccc2oc3c(=O)[nH]c(CN4CC[C@H](O)C4)nc3c2c1. The summed E-state index contributed by atoms with van der Waals surface area (Å²) in [6.07, 6.45) is 0.443. The van der Waals surface area contributed by atoms with Crippen LogP contribution in [0.1, 0.15) is 26.1 Å². The number of furan rings is 1. The van der Waals surface area contributed by atoms with Gasteiger partial charge in [0.25, 0.3) is 5.56 Å². The lowest BCUT2D eigenvalue weighted by Gasteiger charge is -2.13. The van der Waals surface area contributed by atoms with Crippen LogP contribution in [0.15, 0.2) is 27.4 Å². The second-order valence-corrected chi connectivity index (χ2v) is 7.33. The summed E-state index contributed by atoms with van der Waals surface area (Å²) in [5, 5.41) is 10.4. The number of nitrogens with zero attached hydrogens (tertiary/aromatic N) is 2. The van der Waals surface area contributed by atoms with Gasteiger partial charge in [-0.15, -0.1) is 0 Å². The Morgan fingerprint density at radius 2 is 2.31 bits per heavy atom.